The van der Waals surface area contributed by atoms with Crippen molar-refractivity contribution in [1.29, 1.82) is 0 Å². The molecule has 2 aromatic rings. The molecule has 0 radical (unpaired) electrons. The van der Waals surface area contributed by atoms with Gasteiger partial charge in [-0.25, -0.2) is 4.99 Å². The van der Waals surface area contributed by atoms with Gasteiger partial charge in [0.15, 0.2) is 0 Å². The molecule has 0 fully saturated rings. The van der Waals surface area contributed by atoms with E-state index in [-0.39, 0.29) is 5.78 Å². The van der Waals surface area contributed by atoms with E-state index in [1.807, 2.05) is 0 Å². The molecule has 0 unspecified atom stereocenters. The fourth-order valence-electron chi connectivity index (χ4n) is 5.36. The largest absolute Gasteiger partial charge is 0.300 e. The number of aliphatic imine (C=N–C) groups is 2. The van der Waals surface area contributed by atoms with Crippen molar-refractivity contribution < 1.29 is 4.79 Å². The first-order chi connectivity index (χ1) is 20.9. The highest BCUT2D eigenvalue weighted by Gasteiger charge is 2.10. The van der Waals surface area contributed by atoms with Gasteiger partial charge in [-0.15, -0.1) is 0 Å². The Morgan fingerprint density at radius 1 is 0.651 bits per heavy atom. The summed E-state index contributed by atoms with van der Waals surface area (Å²) in [7, 11) is 0. The van der Waals surface area contributed by atoms with E-state index >= 15 is 0 Å². The molecule has 234 valence electrons. The second kappa shape index (κ2) is 22.5. The predicted molar refractivity (Wildman–Crippen MR) is 189 cm³/mol. The monoisotopic (exact) mass is 582 g/mol. The van der Waals surface area contributed by atoms with Gasteiger partial charge in [-0.1, -0.05) is 109 Å². The summed E-state index contributed by atoms with van der Waals surface area (Å²) in [5.74, 6) is 7.21. The van der Waals surface area contributed by atoms with Gasteiger partial charge in [-0.2, -0.15) is 0 Å². The lowest BCUT2D eigenvalue weighted by molar-refractivity contribution is -0.117. The Labute approximate surface area is 264 Å². The summed E-state index contributed by atoms with van der Waals surface area (Å²) in [5, 5.41) is 0. The standard InChI is InChI=1S/C40H58N2O/c1-6-8-10-12-14-15-16-18-20-25-40(42-38-31-33(3)30-34(4)32-38)39(24-19-17-13-11-9-7-2)41-37-28-26-36(27-29-37)23-21-22-35(5)43/h26-32H,6-19,21-24H2,1-5H3. The Hall–Kier alpha value is -2.99. The Morgan fingerprint density at radius 3 is 1.84 bits per heavy atom. The second-order valence-electron chi connectivity index (χ2n) is 12.3. The van der Waals surface area contributed by atoms with Crippen molar-refractivity contribution in [2.24, 2.45) is 9.98 Å². The van der Waals surface area contributed by atoms with Crippen molar-refractivity contribution >= 4 is 28.6 Å². The molecule has 0 amide bonds. The average Bonchev–Trinajstić information content (AvgIpc) is 2.97. The van der Waals surface area contributed by atoms with Crippen LogP contribution in [0, 0.1) is 25.7 Å². The van der Waals surface area contributed by atoms with Crippen molar-refractivity contribution in [2.75, 3.05) is 0 Å². The van der Waals surface area contributed by atoms with Crippen LogP contribution >= 0.6 is 0 Å². The fraction of sp³-hybridized carbons (Fsp3) is 0.575. The Bertz CT molecular complexity index is 1170. The zero-order valence-electron chi connectivity index (χ0n) is 28.1. The first kappa shape index (κ1) is 36.2. The van der Waals surface area contributed by atoms with E-state index in [9.17, 15) is 4.79 Å². The summed E-state index contributed by atoms with van der Waals surface area (Å²) in [6.07, 6.45) is 20.7. The number of Topliss-reactive ketones (excluding diaryl/α,β-unsaturated/α-hetero) is 1. The maximum Gasteiger partial charge on any atom is 0.135 e. The molecule has 0 spiro atoms. The van der Waals surface area contributed by atoms with Crippen molar-refractivity contribution in [3.63, 3.8) is 0 Å². The quantitative estimate of drug-likeness (QED) is 0.0820. The smallest absolute Gasteiger partial charge is 0.135 e. The Kier molecular flexibility index (Phi) is 19.0. The van der Waals surface area contributed by atoms with Crippen molar-refractivity contribution in [1.82, 2.24) is 0 Å². The van der Waals surface area contributed by atoms with E-state index in [4.69, 9.17) is 9.98 Å². The molecule has 0 aliphatic heterocycles. The van der Waals surface area contributed by atoms with Crippen LogP contribution in [-0.2, 0) is 11.2 Å². The molecule has 0 saturated carbocycles. The highest BCUT2D eigenvalue weighted by molar-refractivity contribution is 6.49. The third kappa shape index (κ3) is 17.0. The number of rotatable bonds is 21. The van der Waals surface area contributed by atoms with Crippen LogP contribution in [0.5, 0.6) is 0 Å². The summed E-state index contributed by atoms with van der Waals surface area (Å²) in [4.78, 5) is 21.6. The van der Waals surface area contributed by atoms with E-state index in [2.05, 4.69) is 82.0 Å². The predicted octanol–water partition coefficient (Wildman–Crippen LogP) is 12.0. The van der Waals surface area contributed by atoms with E-state index in [1.54, 1.807) is 6.92 Å². The van der Waals surface area contributed by atoms with Gasteiger partial charge in [-0.3, -0.25) is 4.99 Å². The third-order valence-corrected chi connectivity index (χ3v) is 7.79. The van der Waals surface area contributed by atoms with Gasteiger partial charge >= 0.3 is 0 Å². The first-order valence-corrected chi connectivity index (χ1v) is 17.2. The van der Waals surface area contributed by atoms with E-state index in [0.717, 1.165) is 61.3 Å². The lowest BCUT2D eigenvalue weighted by Crippen LogP contribution is -2.12. The molecule has 2 aromatic carbocycles. The van der Waals surface area contributed by atoms with Crippen LogP contribution in [0.1, 0.15) is 147 Å². The molecule has 0 N–H and O–H groups in total. The summed E-state index contributed by atoms with van der Waals surface area (Å²) >= 11 is 0. The minimum absolute atomic E-state index is 0.254. The Morgan fingerprint density at radius 2 is 1.23 bits per heavy atom. The van der Waals surface area contributed by atoms with Gasteiger partial charge in [0.1, 0.15) is 11.5 Å². The number of hydrogen-bond acceptors (Lipinski definition) is 3. The summed E-state index contributed by atoms with van der Waals surface area (Å²) in [5.41, 5.74) is 7.37. The van der Waals surface area contributed by atoms with Gasteiger partial charge in [0, 0.05) is 12.8 Å². The van der Waals surface area contributed by atoms with Gasteiger partial charge in [0.05, 0.1) is 17.1 Å². The number of nitrogens with zero attached hydrogens (tertiary/aromatic N) is 2. The molecule has 0 bridgehead atoms. The molecule has 3 nitrogen and oxygen atoms in total. The zero-order chi connectivity index (χ0) is 31.1. The molecule has 0 saturated heterocycles. The summed E-state index contributed by atoms with van der Waals surface area (Å²) in [6.45, 7) is 10.4. The molecule has 0 aliphatic rings. The van der Waals surface area contributed by atoms with Gasteiger partial charge in [0.25, 0.3) is 0 Å². The maximum absolute atomic E-state index is 11.3. The van der Waals surface area contributed by atoms with Crippen molar-refractivity contribution in [3.8, 4) is 11.8 Å². The molecule has 0 aliphatic carbocycles. The van der Waals surface area contributed by atoms with Crippen LogP contribution < -0.4 is 0 Å². The topological polar surface area (TPSA) is 41.8 Å². The molecule has 0 heterocycles. The first-order valence-electron chi connectivity index (χ1n) is 17.2. The number of ketones is 1. The lowest BCUT2D eigenvalue weighted by atomic mass is 10.0. The highest BCUT2D eigenvalue weighted by Crippen LogP contribution is 2.21. The molecular formula is C40H58N2O. The number of aryl methyl sites for hydroxylation is 3. The molecule has 3 heteroatoms. The van der Waals surface area contributed by atoms with Crippen LogP contribution in [0.3, 0.4) is 0 Å². The number of carbonyl (C=O) groups excluding carboxylic acids is 1. The van der Waals surface area contributed by atoms with Crippen molar-refractivity contribution in [3.05, 3.63) is 59.2 Å². The van der Waals surface area contributed by atoms with Crippen molar-refractivity contribution in [2.45, 2.75) is 150 Å². The Balaban J connectivity index is 2.30. The number of carbonyl (C=O) groups is 1. The van der Waals surface area contributed by atoms with Crippen LogP contribution in [0.4, 0.5) is 11.4 Å². The third-order valence-electron chi connectivity index (χ3n) is 7.79. The molecule has 0 atom stereocenters. The van der Waals surface area contributed by atoms with Gasteiger partial charge in [0.2, 0.25) is 0 Å². The summed E-state index contributed by atoms with van der Waals surface area (Å²) < 4.78 is 0. The van der Waals surface area contributed by atoms with Gasteiger partial charge < -0.3 is 4.79 Å². The number of hydrogen-bond donors (Lipinski definition) is 0. The van der Waals surface area contributed by atoms with Crippen LogP contribution in [0.2, 0.25) is 0 Å². The molecule has 0 aromatic heterocycles. The fourth-order valence-corrected chi connectivity index (χ4v) is 5.36. The highest BCUT2D eigenvalue weighted by atomic mass is 16.1. The number of benzene rings is 2. The average molecular weight is 583 g/mol. The summed E-state index contributed by atoms with van der Waals surface area (Å²) in [6, 6.07) is 15.0. The molecular weight excluding hydrogens is 524 g/mol. The molecule has 2 rings (SSSR count). The second-order valence-corrected chi connectivity index (χ2v) is 12.3. The van der Waals surface area contributed by atoms with Crippen LogP contribution in [-0.4, -0.2) is 17.2 Å². The van der Waals surface area contributed by atoms with E-state index in [0.29, 0.717) is 6.42 Å². The normalized spacial score (nSPS) is 11.8. The van der Waals surface area contributed by atoms with E-state index < -0.39 is 0 Å². The minimum Gasteiger partial charge on any atom is -0.300 e. The molecule has 43 heavy (non-hydrogen) atoms. The SMILES string of the molecule is CCCCCCCCCC#CC(=Nc1cc(C)cc(C)c1)C(CCCCCCCC)=Nc1ccc(CCCC(C)=O)cc1. The minimum atomic E-state index is 0.254. The van der Waals surface area contributed by atoms with E-state index in [1.165, 1.54) is 87.3 Å². The van der Waals surface area contributed by atoms with Crippen LogP contribution in [0.25, 0.3) is 0 Å². The lowest BCUT2D eigenvalue weighted by Gasteiger charge is -2.09. The van der Waals surface area contributed by atoms with Crippen LogP contribution in [0.15, 0.2) is 52.4 Å². The number of unbranched alkanes of at least 4 members (excludes halogenated alkanes) is 12. The van der Waals surface area contributed by atoms with Gasteiger partial charge in [-0.05, 0) is 99.8 Å². The maximum atomic E-state index is 11.3. The zero-order valence-corrected chi connectivity index (χ0v) is 28.1.